The van der Waals surface area contributed by atoms with Crippen LogP contribution in [0.4, 0.5) is 0 Å². The van der Waals surface area contributed by atoms with E-state index in [1.165, 1.54) is 0 Å². The molecule has 3 nitrogen and oxygen atoms in total. The summed E-state index contributed by atoms with van der Waals surface area (Å²) in [7, 11) is 0.0593. The Morgan fingerprint density at radius 3 is 2.06 bits per heavy atom. The summed E-state index contributed by atoms with van der Waals surface area (Å²) in [6.45, 7) is 10.6. The number of aliphatic carboxylic acids is 1. The van der Waals surface area contributed by atoms with Gasteiger partial charge in [-0.1, -0.05) is 34.6 Å². The van der Waals surface area contributed by atoms with E-state index < -0.39 is 5.97 Å². The standard InChI is InChI=1S/C12H23O3P/c1-11(2,3)8-12(4,5)9(16-15)6-7-10(13)14/h9H,6-8H2,1-5H3,(H,13,14). The summed E-state index contributed by atoms with van der Waals surface area (Å²) in [5.41, 5.74) is -0.0185. The van der Waals surface area contributed by atoms with E-state index in [1.54, 1.807) is 0 Å². The lowest BCUT2D eigenvalue weighted by Gasteiger charge is -2.36. The van der Waals surface area contributed by atoms with Crippen molar-refractivity contribution in [2.24, 2.45) is 10.8 Å². The molecule has 0 bridgehead atoms. The largest absolute Gasteiger partial charge is 0.481 e. The lowest BCUT2D eigenvalue weighted by molar-refractivity contribution is -0.137. The van der Waals surface area contributed by atoms with Gasteiger partial charge in [-0.2, -0.15) is 0 Å². The molecule has 0 rings (SSSR count). The first-order valence-electron chi connectivity index (χ1n) is 5.63. The molecule has 0 aliphatic rings. The van der Waals surface area contributed by atoms with E-state index >= 15 is 0 Å². The van der Waals surface area contributed by atoms with Crippen molar-refractivity contribution >= 4 is 14.4 Å². The van der Waals surface area contributed by atoms with Gasteiger partial charge in [0.1, 0.15) is 0 Å². The van der Waals surface area contributed by atoms with Crippen molar-refractivity contribution in [1.82, 2.24) is 0 Å². The summed E-state index contributed by atoms with van der Waals surface area (Å²) >= 11 is 0. The SMILES string of the molecule is CC(C)(C)CC(C)(C)C(CCC(=O)O)P=O. The van der Waals surface area contributed by atoms with Crippen LogP contribution in [0.2, 0.25) is 0 Å². The highest BCUT2D eigenvalue weighted by Gasteiger charge is 2.34. The average Bonchev–Trinajstić information content (AvgIpc) is 1.98. The highest BCUT2D eigenvalue weighted by Crippen LogP contribution is 2.42. The molecule has 0 aromatic heterocycles. The summed E-state index contributed by atoms with van der Waals surface area (Å²) < 4.78 is 11.2. The van der Waals surface area contributed by atoms with Crippen LogP contribution in [0.5, 0.6) is 0 Å². The first kappa shape index (κ1) is 15.6. The summed E-state index contributed by atoms with van der Waals surface area (Å²) in [4.78, 5) is 10.5. The van der Waals surface area contributed by atoms with Gasteiger partial charge in [0, 0.05) is 12.1 Å². The van der Waals surface area contributed by atoms with Crippen LogP contribution in [0.1, 0.15) is 53.9 Å². The van der Waals surface area contributed by atoms with Crippen molar-refractivity contribution in [3.63, 3.8) is 0 Å². The second-order valence-corrected chi connectivity index (χ2v) is 7.11. The second-order valence-electron chi connectivity index (χ2n) is 6.28. The lowest BCUT2D eigenvalue weighted by Crippen LogP contribution is -2.30. The number of carbonyl (C=O) groups is 1. The van der Waals surface area contributed by atoms with Crippen molar-refractivity contribution < 1.29 is 14.5 Å². The quantitative estimate of drug-likeness (QED) is 0.721. The molecule has 0 aliphatic heterocycles. The first-order chi connectivity index (χ1) is 7.08. The maximum absolute atomic E-state index is 11.2. The Labute approximate surface area is 99.8 Å². The Balaban J connectivity index is 4.54. The van der Waals surface area contributed by atoms with Gasteiger partial charge in [0.25, 0.3) is 0 Å². The van der Waals surface area contributed by atoms with Gasteiger partial charge < -0.3 is 5.11 Å². The molecule has 0 aromatic rings. The van der Waals surface area contributed by atoms with E-state index in [0.29, 0.717) is 6.42 Å². The van der Waals surface area contributed by atoms with E-state index in [2.05, 4.69) is 34.6 Å². The van der Waals surface area contributed by atoms with Gasteiger partial charge in [0.2, 0.25) is 0 Å². The molecule has 0 radical (unpaired) electrons. The Morgan fingerprint density at radius 2 is 1.75 bits per heavy atom. The topological polar surface area (TPSA) is 54.4 Å². The van der Waals surface area contributed by atoms with Crippen molar-refractivity contribution in [1.29, 1.82) is 0 Å². The number of rotatable bonds is 6. The van der Waals surface area contributed by atoms with E-state index in [9.17, 15) is 9.36 Å². The smallest absolute Gasteiger partial charge is 0.303 e. The molecular weight excluding hydrogens is 223 g/mol. The van der Waals surface area contributed by atoms with Crippen LogP contribution in [-0.2, 0) is 9.36 Å². The zero-order valence-corrected chi connectivity index (χ0v) is 11.8. The number of carboxylic acid groups (broad SMARTS) is 1. The maximum atomic E-state index is 11.2. The van der Waals surface area contributed by atoms with Gasteiger partial charge in [0.15, 0.2) is 8.46 Å². The van der Waals surface area contributed by atoms with Crippen LogP contribution in [0.25, 0.3) is 0 Å². The Bertz CT molecular complexity index is 253. The molecule has 0 spiro atoms. The molecule has 1 atom stereocenters. The molecule has 1 N–H and O–H groups in total. The maximum Gasteiger partial charge on any atom is 0.303 e. The van der Waals surface area contributed by atoms with E-state index in [-0.39, 0.29) is 31.4 Å². The fourth-order valence-electron chi connectivity index (χ4n) is 2.33. The van der Waals surface area contributed by atoms with Crippen molar-refractivity contribution in [3.8, 4) is 0 Å². The number of carboxylic acids is 1. The van der Waals surface area contributed by atoms with Crippen molar-refractivity contribution in [2.45, 2.75) is 59.5 Å². The molecule has 1 unspecified atom stereocenters. The summed E-state index contributed by atoms with van der Waals surface area (Å²) in [5, 5.41) is 8.65. The molecule has 0 aliphatic carbocycles. The molecule has 0 aromatic carbocycles. The van der Waals surface area contributed by atoms with Crippen LogP contribution in [0, 0.1) is 10.8 Å². The second kappa shape index (κ2) is 5.77. The minimum Gasteiger partial charge on any atom is -0.481 e. The van der Waals surface area contributed by atoms with Gasteiger partial charge in [-0.25, -0.2) is 0 Å². The molecule has 0 saturated heterocycles. The Morgan fingerprint density at radius 1 is 1.25 bits per heavy atom. The number of hydrogen-bond acceptors (Lipinski definition) is 2. The predicted molar refractivity (Wildman–Crippen MR) is 66.1 cm³/mol. The van der Waals surface area contributed by atoms with E-state index in [4.69, 9.17) is 5.11 Å². The molecule has 0 amide bonds. The van der Waals surface area contributed by atoms with Crippen LogP contribution in [0.3, 0.4) is 0 Å². The monoisotopic (exact) mass is 246 g/mol. The molecular formula is C12H23O3P. The fraction of sp³-hybridized carbons (Fsp3) is 0.917. The van der Waals surface area contributed by atoms with Crippen LogP contribution < -0.4 is 0 Å². The average molecular weight is 246 g/mol. The highest BCUT2D eigenvalue weighted by atomic mass is 31.1. The minimum atomic E-state index is -0.819. The minimum absolute atomic E-state index is 0.0593. The van der Waals surface area contributed by atoms with E-state index in [0.717, 1.165) is 6.42 Å². The molecule has 0 fully saturated rings. The van der Waals surface area contributed by atoms with Crippen LogP contribution in [-0.4, -0.2) is 16.7 Å². The zero-order valence-electron chi connectivity index (χ0n) is 10.9. The van der Waals surface area contributed by atoms with E-state index in [1.807, 2.05) is 0 Å². The predicted octanol–water partition coefficient (Wildman–Crippen LogP) is 3.97. The zero-order chi connectivity index (χ0) is 13.0. The van der Waals surface area contributed by atoms with Gasteiger partial charge in [0.05, 0.1) is 0 Å². The fourth-order valence-corrected chi connectivity index (χ4v) is 2.94. The van der Waals surface area contributed by atoms with Crippen molar-refractivity contribution in [2.75, 3.05) is 0 Å². The lowest BCUT2D eigenvalue weighted by atomic mass is 9.73. The first-order valence-corrected chi connectivity index (χ1v) is 6.51. The van der Waals surface area contributed by atoms with Gasteiger partial charge >= 0.3 is 5.97 Å². The Kier molecular flexibility index (Phi) is 5.61. The van der Waals surface area contributed by atoms with Gasteiger partial charge in [-0.05, 0) is 23.7 Å². The van der Waals surface area contributed by atoms with Gasteiger partial charge in [-0.15, -0.1) is 0 Å². The summed E-state index contributed by atoms with van der Waals surface area (Å²) in [6.07, 6.45) is 1.50. The molecule has 16 heavy (non-hydrogen) atoms. The molecule has 0 heterocycles. The third-order valence-corrected chi connectivity index (χ3v) is 3.86. The highest BCUT2D eigenvalue weighted by molar-refractivity contribution is 7.24. The normalized spacial score (nSPS) is 15.1. The Hall–Kier alpha value is -0.430. The molecule has 4 heteroatoms. The molecule has 0 saturated carbocycles. The summed E-state index contributed by atoms with van der Waals surface area (Å²) in [6, 6.07) is 0. The summed E-state index contributed by atoms with van der Waals surface area (Å²) in [5.74, 6) is -0.819. The molecule has 94 valence electrons. The van der Waals surface area contributed by atoms with Crippen LogP contribution in [0.15, 0.2) is 0 Å². The van der Waals surface area contributed by atoms with Crippen LogP contribution >= 0.6 is 8.46 Å². The third-order valence-electron chi connectivity index (χ3n) is 2.65. The van der Waals surface area contributed by atoms with Gasteiger partial charge in [-0.3, -0.25) is 9.36 Å². The van der Waals surface area contributed by atoms with Crippen molar-refractivity contribution in [3.05, 3.63) is 0 Å². The number of hydrogen-bond donors (Lipinski definition) is 1. The third kappa shape index (κ3) is 6.22.